The molecule has 0 saturated carbocycles. The Morgan fingerprint density at radius 1 is 1.26 bits per heavy atom. The Kier molecular flexibility index (Phi) is 3.29. The zero-order chi connectivity index (χ0) is 13.2. The number of imidazole rings is 1. The van der Waals surface area contributed by atoms with Gasteiger partial charge in [0.2, 0.25) is 5.91 Å². The highest BCUT2D eigenvalue weighted by Crippen LogP contribution is 2.13. The van der Waals surface area contributed by atoms with Crippen LogP contribution in [0.25, 0.3) is 0 Å². The highest BCUT2D eigenvalue weighted by Gasteiger charge is 2.20. The van der Waals surface area contributed by atoms with Crippen LogP contribution in [0, 0.1) is 0 Å². The minimum absolute atomic E-state index is 0.154. The summed E-state index contributed by atoms with van der Waals surface area (Å²) in [6, 6.07) is 7.72. The van der Waals surface area contributed by atoms with Gasteiger partial charge in [-0.15, -0.1) is 12.6 Å². The first-order valence-electron chi connectivity index (χ1n) is 6.28. The van der Waals surface area contributed by atoms with E-state index in [1.807, 2.05) is 35.4 Å². The average Bonchev–Trinajstić information content (AvgIpc) is 2.88. The molecule has 0 saturated heterocycles. The molecule has 0 fully saturated rings. The molecular formula is C14H15N3OS. The van der Waals surface area contributed by atoms with E-state index in [2.05, 4.69) is 22.2 Å². The standard InChI is InChI=1S/C14H15N3OS/c18-14(9-11-1-3-12(19)4-2-11)17-8-7-16-6-5-15-13(16)10-17/h1-6,19H,7-10H2. The fraction of sp³-hybridized carbons (Fsp3) is 0.286. The van der Waals surface area contributed by atoms with E-state index in [1.165, 1.54) is 0 Å². The SMILES string of the molecule is O=C(Cc1ccc(S)cc1)N1CCn2ccnc2C1. The summed E-state index contributed by atoms with van der Waals surface area (Å²) < 4.78 is 2.10. The molecule has 0 spiro atoms. The Hall–Kier alpha value is -1.75. The Balaban J connectivity index is 1.67. The Morgan fingerprint density at radius 2 is 2.05 bits per heavy atom. The van der Waals surface area contributed by atoms with Crippen LogP contribution in [0.4, 0.5) is 0 Å². The first kappa shape index (κ1) is 12.3. The van der Waals surface area contributed by atoms with E-state index in [1.54, 1.807) is 6.20 Å². The molecule has 98 valence electrons. The third-order valence-electron chi connectivity index (χ3n) is 3.39. The van der Waals surface area contributed by atoms with E-state index in [4.69, 9.17) is 0 Å². The monoisotopic (exact) mass is 273 g/mol. The van der Waals surface area contributed by atoms with Crippen LogP contribution in [0.15, 0.2) is 41.6 Å². The molecule has 1 aromatic heterocycles. The second-order valence-electron chi connectivity index (χ2n) is 4.70. The van der Waals surface area contributed by atoms with Gasteiger partial charge in [-0.2, -0.15) is 0 Å². The van der Waals surface area contributed by atoms with E-state index >= 15 is 0 Å². The lowest BCUT2D eigenvalue weighted by molar-refractivity contribution is -0.132. The number of nitrogens with zero attached hydrogens (tertiary/aromatic N) is 3. The molecule has 1 aliphatic heterocycles. The smallest absolute Gasteiger partial charge is 0.227 e. The van der Waals surface area contributed by atoms with Crippen molar-refractivity contribution in [2.75, 3.05) is 6.54 Å². The van der Waals surface area contributed by atoms with Gasteiger partial charge >= 0.3 is 0 Å². The summed E-state index contributed by atoms with van der Waals surface area (Å²) in [7, 11) is 0. The van der Waals surface area contributed by atoms with Gasteiger partial charge in [0, 0.05) is 30.4 Å². The van der Waals surface area contributed by atoms with Crippen LogP contribution in [0.2, 0.25) is 0 Å². The lowest BCUT2D eigenvalue weighted by Gasteiger charge is -2.27. The quantitative estimate of drug-likeness (QED) is 0.847. The zero-order valence-electron chi connectivity index (χ0n) is 10.5. The molecule has 5 heteroatoms. The van der Waals surface area contributed by atoms with Crippen LogP contribution in [0.5, 0.6) is 0 Å². The van der Waals surface area contributed by atoms with Gasteiger partial charge in [-0.1, -0.05) is 12.1 Å². The van der Waals surface area contributed by atoms with Crippen LogP contribution in [0.1, 0.15) is 11.4 Å². The summed E-state index contributed by atoms with van der Waals surface area (Å²) >= 11 is 4.24. The van der Waals surface area contributed by atoms with Crippen LogP contribution in [0.3, 0.4) is 0 Å². The molecule has 4 nitrogen and oxygen atoms in total. The molecular weight excluding hydrogens is 258 g/mol. The molecule has 1 amide bonds. The first-order valence-corrected chi connectivity index (χ1v) is 6.73. The molecule has 1 aliphatic rings. The van der Waals surface area contributed by atoms with Gasteiger partial charge < -0.3 is 9.47 Å². The van der Waals surface area contributed by atoms with Crippen LogP contribution in [-0.4, -0.2) is 26.9 Å². The molecule has 1 aromatic carbocycles. The van der Waals surface area contributed by atoms with Crippen LogP contribution in [-0.2, 0) is 24.3 Å². The Labute approximate surface area is 117 Å². The van der Waals surface area contributed by atoms with Crippen molar-refractivity contribution < 1.29 is 4.79 Å². The van der Waals surface area contributed by atoms with Gasteiger partial charge in [-0.05, 0) is 17.7 Å². The van der Waals surface area contributed by atoms with Crippen molar-refractivity contribution in [3.05, 3.63) is 48.0 Å². The number of carbonyl (C=O) groups is 1. The maximum Gasteiger partial charge on any atom is 0.227 e. The largest absolute Gasteiger partial charge is 0.333 e. The van der Waals surface area contributed by atoms with Crippen molar-refractivity contribution in [2.45, 2.75) is 24.4 Å². The number of benzene rings is 1. The molecule has 0 bridgehead atoms. The van der Waals surface area contributed by atoms with Crippen LogP contribution < -0.4 is 0 Å². The van der Waals surface area contributed by atoms with E-state index < -0.39 is 0 Å². The number of fused-ring (bicyclic) bond motifs is 1. The number of hydrogen-bond donors (Lipinski definition) is 1. The number of thiol groups is 1. The predicted octanol–water partition coefficient (Wildman–Crippen LogP) is 1.76. The molecule has 3 rings (SSSR count). The van der Waals surface area contributed by atoms with Crippen molar-refractivity contribution in [3.8, 4) is 0 Å². The maximum atomic E-state index is 12.3. The van der Waals surface area contributed by atoms with Gasteiger partial charge in [-0.25, -0.2) is 4.98 Å². The fourth-order valence-corrected chi connectivity index (χ4v) is 2.44. The highest BCUT2D eigenvalue weighted by molar-refractivity contribution is 7.80. The third kappa shape index (κ3) is 2.66. The lowest BCUT2D eigenvalue weighted by atomic mass is 10.1. The van der Waals surface area contributed by atoms with Gasteiger partial charge in [0.15, 0.2) is 0 Å². The molecule has 0 unspecified atom stereocenters. The third-order valence-corrected chi connectivity index (χ3v) is 3.69. The minimum Gasteiger partial charge on any atom is -0.333 e. The first-order chi connectivity index (χ1) is 9.22. The second kappa shape index (κ2) is 5.09. The Bertz CT molecular complexity index is 591. The summed E-state index contributed by atoms with van der Waals surface area (Å²) in [5.74, 6) is 1.12. The molecule has 0 N–H and O–H groups in total. The van der Waals surface area contributed by atoms with E-state index in [0.717, 1.165) is 29.4 Å². The van der Waals surface area contributed by atoms with Gasteiger partial charge in [-0.3, -0.25) is 4.79 Å². The summed E-state index contributed by atoms with van der Waals surface area (Å²) in [5.41, 5.74) is 1.02. The predicted molar refractivity (Wildman–Crippen MR) is 75.0 cm³/mol. The molecule has 0 radical (unpaired) electrons. The molecule has 2 heterocycles. The highest BCUT2D eigenvalue weighted by atomic mass is 32.1. The minimum atomic E-state index is 0.154. The average molecular weight is 273 g/mol. The zero-order valence-corrected chi connectivity index (χ0v) is 11.4. The van der Waals surface area contributed by atoms with Crippen molar-refractivity contribution in [3.63, 3.8) is 0 Å². The second-order valence-corrected chi connectivity index (χ2v) is 5.21. The fourth-order valence-electron chi connectivity index (χ4n) is 2.29. The molecule has 2 aromatic rings. The van der Waals surface area contributed by atoms with Gasteiger partial charge in [0.05, 0.1) is 13.0 Å². The summed E-state index contributed by atoms with van der Waals surface area (Å²) in [4.78, 5) is 19.3. The van der Waals surface area contributed by atoms with Crippen molar-refractivity contribution in [1.29, 1.82) is 0 Å². The van der Waals surface area contributed by atoms with Crippen LogP contribution >= 0.6 is 12.6 Å². The number of amides is 1. The van der Waals surface area contributed by atoms with E-state index in [0.29, 0.717) is 13.0 Å². The molecule has 0 aliphatic carbocycles. The number of rotatable bonds is 2. The maximum absolute atomic E-state index is 12.3. The normalized spacial score (nSPS) is 14.3. The van der Waals surface area contributed by atoms with Crippen molar-refractivity contribution >= 4 is 18.5 Å². The summed E-state index contributed by atoms with van der Waals surface area (Å²) in [6.07, 6.45) is 4.19. The topological polar surface area (TPSA) is 38.1 Å². The van der Waals surface area contributed by atoms with Gasteiger partial charge in [0.1, 0.15) is 5.82 Å². The summed E-state index contributed by atoms with van der Waals surface area (Å²) in [6.45, 7) is 2.19. The van der Waals surface area contributed by atoms with E-state index in [9.17, 15) is 4.79 Å². The molecule has 0 atom stereocenters. The summed E-state index contributed by atoms with van der Waals surface area (Å²) in [5, 5.41) is 0. The number of aromatic nitrogens is 2. The van der Waals surface area contributed by atoms with Crippen molar-refractivity contribution in [2.24, 2.45) is 0 Å². The number of carbonyl (C=O) groups excluding carboxylic acids is 1. The Morgan fingerprint density at radius 3 is 2.84 bits per heavy atom. The molecule has 19 heavy (non-hydrogen) atoms. The van der Waals surface area contributed by atoms with Crippen molar-refractivity contribution in [1.82, 2.24) is 14.5 Å². The van der Waals surface area contributed by atoms with Gasteiger partial charge in [0.25, 0.3) is 0 Å². The number of hydrogen-bond acceptors (Lipinski definition) is 3. The van der Waals surface area contributed by atoms with E-state index in [-0.39, 0.29) is 5.91 Å². The lowest BCUT2D eigenvalue weighted by Crippen LogP contribution is -2.39.